The summed E-state index contributed by atoms with van der Waals surface area (Å²) in [5, 5.41) is 5.67. The number of nitrogens with two attached hydrogens (primary N) is 1. The van der Waals surface area contributed by atoms with Crippen molar-refractivity contribution in [1.82, 2.24) is 4.90 Å². The van der Waals surface area contributed by atoms with E-state index in [2.05, 4.69) is 55.1 Å². The maximum atomic E-state index is 12.6. The molecule has 1 heterocycles. The van der Waals surface area contributed by atoms with Gasteiger partial charge in [-0.25, -0.2) is 13.6 Å². The fourth-order valence-electron chi connectivity index (χ4n) is 6.65. The molecule has 7 heteroatoms. The average molecular weight is 549 g/mol. The van der Waals surface area contributed by atoms with E-state index < -0.39 is 10.0 Å². The van der Waals surface area contributed by atoms with Gasteiger partial charge in [-0.15, -0.1) is 0 Å². The number of likely N-dealkylation sites (tertiary alicyclic amines) is 1. The molecule has 0 bridgehead atoms. The third-order valence-electron chi connectivity index (χ3n) is 8.92. The summed E-state index contributed by atoms with van der Waals surface area (Å²) in [6.45, 7) is 6.93. The van der Waals surface area contributed by atoms with Crippen molar-refractivity contribution in [3.63, 3.8) is 0 Å². The second-order valence-electron chi connectivity index (χ2n) is 11.5. The molecule has 39 heavy (non-hydrogen) atoms. The number of nitrogens with zero attached hydrogens (tertiary/aromatic N) is 1. The van der Waals surface area contributed by atoms with E-state index in [1.165, 1.54) is 24.0 Å². The molecule has 1 aliphatic heterocycles. The predicted molar refractivity (Wildman–Crippen MR) is 155 cm³/mol. The van der Waals surface area contributed by atoms with E-state index >= 15 is 0 Å². The molecule has 3 aromatic carbocycles. The van der Waals surface area contributed by atoms with Crippen LogP contribution < -0.4 is 14.6 Å². The number of methoxy groups -OCH3 is 1. The molecule has 3 aromatic rings. The molecule has 3 atom stereocenters. The number of hydrogen-bond donors (Lipinski definition) is 1. The van der Waals surface area contributed by atoms with Crippen molar-refractivity contribution in [1.29, 1.82) is 0 Å². The van der Waals surface area contributed by atoms with Crippen molar-refractivity contribution in [3.05, 3.63) is 89.5 Å². The fraction of sp³-hybridized carbons (Fsp3) is 0.438. The van der Waals surface area contributed by atoms with Crippen molar-refractivity contribution < 1.29 is 17.9 Å². The Balaban J connectivity index is 1.54. The lowest BCUT2D eigenvalue weighted by atomic mass is 9.66. The molecule has 1 saturated heterocycles. The maximum absolute atomic E-state index is 12.6. The highest BCUT2D eigenvalue weighted by molar-refractivity contribution is 7.89. The minimum atomic E-state index is -3.86. The van der Waals surface area contributed by atoms with Crippen molar-refractivity contribution in [2.24, 2.45) is 10.6 Å². The van der Waals surface area contributed by atoms with Gasteiger partial charge < -0.3 is 9.47 Å². The van der Waals surface area contributed by atoms with E-state index in [0.29, 0.717) is 0 Å². The van der Waals surface area contributed by atoms with E-state index in [0.717, 1.165) is 49.5 Å². The summed E-state index contributed by atoms with van der Waals surface area (Å²) in [6, 6.07) is 24.0. The Bertz CT molecular complexity index is 1390. The zero-order valence-corrected chi connectivity index (χ0v) is 24.0. The van der Waals surface area contributed by atoms with E-state index in [1.54, 1.807) is 19.2 Å². The molecule has 5 rings (SSSR count). The number of primary sulfonamides is 1. The smallest absolute Gasteiger partial charge is 0.238 e. The quantitative estimate of drug-likeness (QED) is 0.351. The van der Waals surface area contributed by atoms with Crippen LogP contribution in [0.5, 0.6) is 11.5 Å². The van der Waals surface area contributed by atoms with Crippen LogP contribution in [-0.2, 0) is 16.6 Å². The molecule has 1 aliphatic carbocycles. The third kappa shape index (κ3) is 5.86. The summed E-state index contributed by atoms with van der Waals surface area (Å²) >= 11 is 0. The van der Waals surface area contributed by atoms with Gasteiger partial charge >= 0.3 is 0 Å². The van der Waals surface area contributed by atoms with Gasteiger partial charge in [0.25, 0.3) is 0 Å². The average Bonchev–Trinajstić information content (AvgIpc) is 3.56. The predicted octanol–water partition coefficient (Wildman–Crippen LogP) is 6.07. The lowest BCUT2D eigenvalue weighted by molar-refractivity contribution is 0.199. The molecular formula is C32H40N2O4S. The van der Waals surface area contributed by atoms with E-state index in [-0.39, 0.29) is 28.3 Å². The van der Waals surface area contributed by atoms with Gasteiger partial charge in [-0.2, -0.15) is 0 Å². The molecule has 1 unspecified atom stereocenters. The molecule has 0 aromatic heterocycles. The Kier molecular flexibility index (Phi) is 8.04. The number of sulfonamides is 1. The van der Waals surface area contributed by atoms with Gasteiger partial charge in [0.05, 0.1) is 18.1 Å². The van der Waals surface area contributed by atoms with Gasteiger partial charge in [-0.1, -0.05) is 68.4 Å². The molecule has 1 saturated carbocycles. The number of hydrogen-bond acceptors (Lipinski definition) is 5. The highest BCUT2D eigenvalue weighted by Gasteiger charge is 2.48. The molecular weight excluding hydrogens is 508 g/mol. The molecule has 2 N–H and O–H groups in total. The summed E-state index contributed by atoms with van der Waals surface area (Å²) in [4.78, 5) is 2.69. The van der Waals surface area contributed by atoms with Crippen LogP contribution in [0, 0.1) is 5.41 Å². The lowest BCUT2D eigenvalue weighted by Crippen LogP contribution is -2.33. The second-order valence-corrected chi connectivity index (χ2v) is 13.0. The van der Waals surface area contributed by atoms with Crippen molar-refractivity contribution in [2.45, 2.75) is 68.9 Å². The van der Waals surface area contributed by atoms with Gasteiger partial charge in [-0.3, -0.25) is 4.90 Å². The number of ether oxygens (including phenoxy) is 2. The van der Waals surface area contributed by atoms with Gasteiger partial charge in [0.15, 0.2) is 11.5 Å². The van der Waals surface area contributed by atoms with Gasteiger partial charge in [0.1, 0.15) is 0 Å². The molecule has 0 spiro atoms. The standard InChI is InChI=1S/C32H40N2O4S/c1-23(27-15-9-10-16-31(27)39(33,35)36)32(2)22-34(20-24-11-5-4-6-12-24)21-28(32)25-17-18-29(37-3)30(19-25)38-26-13-7-8-14-26/h4-6,9-12,15-19,23,26,28H,7-8,13-14,20-22H2,1-3H3,(H2,33,35,36)/t23?,28-,32-/m0/s1. The van der Waals surface area contributed by atoms with Crippen LogP contribution in [0.2, 0.25) is 0 Å². The van der Waals surface area contributed by atoms with Crippen LogP contribution in [0.25, 0.3) is 0 Å². The fourth-order valence-corrected chi connectivity index (χ4v) is 7.49. The van der Waals surface area contributed by atoms with Crippen LogP contribution in [-0.4, -0.2) is 39.6 Å². The van der Waals surface area contributed by atoms with Crippen molar-refractivity contribution >= 4 is 10.0 Å². The minimum absolute atomic E-state index is 0.0703. The maximum Gasteiger partial charge on any atom is 0.238 e. The molecule has 0 amide bonds. The normalized spacial score (nSPS) is 23.1. The van der Waals surface area contributed by atoms with Crippen molar-refractivity contribution in [3.8, 4) is 11.5 Å². The minimum Gasteiger partial charge on any atom is -0.493 e. The Morgan fingerprint density at radius 2 is 1.69 bits per heavy atom. The van der Waals surface area contributed by atoms with Crippen molar-refractivity contribution in [2.75, 3.05) is 20.2 Å². The molecule has 2 aliphatic rings. The highest BCUT2D eigenvalue weighted by Crippen LogP contribution is 2.53. The SMILES string of the molecule is COc1ccc([C@@H]2CN(Cc3ccccc3)C[C@@]2(C)C(C)c2ccccc2S(N)(=O)=O)cc1OC1CCCC1. The zero-order valence-electron chi connectivity index (χ0n) is 23.2. The summed E-state index contributed by atoms with van der Waals surface area (Å²) in [5.41, 5.74) is 2.94. The first-order valence-electron chi connectivity index (χ1n) is 13.9. The van der Waals surface area contributed by atoms with E-state index in [4.69, 9.17) is 14.6 Å². The molecule has 0 radical (unpaired) electrons. The van der Waals surface area contributed by atoms with Crippen LogP contribution in [0.15, 0.2) is 77.7 Å². The Hall–Kier alpha value is -2.87. The van der Waals surface area contributed by atoms with Gasteiger partial charge in [0, 0.05) is 25.6 Å². The van der Waals surface area contributed by atoms with E-state index in [1.807, 2.05) is 24.3 Å². The summed E-state index contributed by atoms with van der Waals surface area (Å²) in [5.74, 6) is 1.61. The summed E-state index contributed by atoms with van der Waals surface area (Å²) in [6.07, 6.45) is 4.76. The Morgan fingerprint density at radius 3 is 2.38 bits per heavy atom. The van der Waals surface area contributed by atoms with Crippen LogP contribution in [0.1, 0.15) is 68.1 Å². The van der Waals surface area contributed by atoms with Crippen LogP contribution in [0.4, 0.5) is 0 Å². The monoisotopic (exact) mass is 548 g/mol. The zero-order chi connectivity index (χ0) is 27.6. The molecule has 208 valence electrons. The lowest BCUT2D eigenvalue weighted by Gasteiger charge is -2.38. The van der Waals surface area contributed by atoms with Crippen LogP contribution in [0.3, 0.4) is 0 Å². The van der Waals surface area contributed by atoms with Crippen LogP contribution >= 0.6 is 0 Å². The second kappa shape index (κ2) is 11.3. The topological polar surface area (TPSA) is 81.9 Å². The third-order valence-corrected chi connectivity index (χ3v) is 9.90. The van der Waals surface area contributed by atoms with E-state index in [9.17, 15) is 8.42 Å². The highest BCUT2D eigenvalue weighted by atomic mass is 32.2. The van der Waals surface area contributed by atoms with Gasteiger partial charge in [-0.05, 0) is 71.9 Å². The summed E-state index contributed by atoms with van der Waals surface area (Å²) < 4.78 is 37.2. The molecule has 2 fully saturated rings. The first kappa shape index (κ1) is 27.7. The first-order chi connectivity index (χ1) is 18.7. The Labute approximate surface area is 233 Å². The molecule has 6 nitrogen and oxygen atoms in total. The number of rotatable bonds is 9. The first-order valence-corrected chi connectivity index (χ1v) is 15.5. The van der Waals surface area contributed by atoms with Gasteiger partial charge in [0.2, 0.25) is 10.0 Å². The Morgan fingerprint density at radius 1 is 1.00 bits per heavy atom. The number of benzene rings is 3. The summed E-state index contributed by atoms with van der Waals surface area (Å²) in [7, 11) is -2.17. The largest absolute Gasteiger partial charge is 0.493 e.